The van der Waals surface area contributed by atoms with Gasteiger partial charge in [-0.25, -0.2) is 4.39 Å². The molecule has 4 rings (SSSR count). The highest BCUT2D eigenvalue weighted by Gasteiger charge is 2.18. The van der Waals surface area contributed by atoms with Crippen LogP contribution in [0.5, 0.6) is 5.75 Å². The lowest BCUT2D eigenvalue weighted by Crippen LogP contribution is -2.25. The normalized spacial score (nSPS) is 11.2. The summed E-state index contributed by atoms with van der Waals surface area (Å²) >= 11 is 0. The number of aromatic amines is 1. The molecule has 0 bridgehead atoms. The number of fused-ring (bicyclic) bond motifs is 2. The van der Waals surface area contributed by atoms with Gasteiger partial charge in [0.2, 0.25) is 0 Å². The lowest BCUT2D eigenvalue weighted by atomic mass is 10.0. The molecule has 0 spiro atoms. The maximum atomic E-state index is 14.6. The number of hydrogen-bond donors (Lipinski definition) is 2. The first-order valence-electron chi connectivity index (χ1n) is 9.32. The molecule has 0 fully saturated rings. The first-order valence-corrected chi connectivity index (χ1v) is 9.32. The van der Waals surface area contributed by atoms with Crippen molar-refractivity contribution in [1.29, 1.82) is 0 Å². The van der Waals surface area contributed by atoms with Crippen LogP contribution in [-0.4, -0.2) is 34.5 Å². The molecule has 0 radical (unpaired) electrons. The van der Waals surface area contributed by atoms with E-state index in [1.54, 1.807) is 36.7 Å². The Bertz CT molecular complexity index is 1230. The smallest absolute Gasteiger partial charge is 0.251 e. The van der Waals surface area contributed by atoms with Crippen molar-refractivity contribution in [3.63, 3.8) is 0 Å². The number of carbonyl (C=O) groups is 1. The van der Waals surface area contributed by atoms with Crippen molar-refractivity contribution in [3.8, 4) is 5.75 Å². The van der Waals surface area contributed by atoms with Gasteiger partial charge in [0.25, 0.3) is 5.91 Å². The average molecular weight is 392 g/mol. The number of rotatable bonds is 5. The maximum absolute atomic E-state index is 14.6. The van der Waals surface area contributed by atoms with Gasteiger partial charge >= 0.3 is 0 Å². The molecule has 0 unspecified atom stereocenters. The van der Waals surface area contributed by atoms with Gasteiger partial charge in [-0.15, -0.1) is 0 Å². The lowest BCUT2D eigenvalue weighted by molar-refractivity contribution is 0.0954. The van der Waals surface area contributed by atoms with Crippen LogP contribution in [0.4, 0.5) is 4.39 Å². The molecule has 0 saturated carbocycles. The van der Waals surface area contributed by atoms with Crippen molar-refractivity contribution in [2.75, 3.05) is 13.7 Å². The average Bonchev–Trinajstić information content (AvgIpc) is 3.07. The molecule has 0 aliphatic heterocycles. The Morgan fingerprint density at radius 3 is 2.69 bits per heavy atom. The second-order valence-corrected chi connectivity index (χ2v) is 6.95. The summed E-state index contributed by atoms with van der Waals surface area (Å²) in [5.41, 5.74) is 5.18. The minimum Gasteiger partial charge on any atom is -0.494 e. The number of ether oxygens (including phenoxy) is 1. The number of benzene rings is 2. The summed E-state index contributed by atoms with van der Waals surface area (Å²) in [6.07, 6.45) is 3.80. The molecule has 1 amide bonds. The summed E-state index contributed by atoms with van der Waals surface area (Å²) < 4.78 is 19.7. The molecule has 148 valence electrons. The van der Waals surface area contributed by atoms with Crippen molar-refractivity contribution >= 4 is 27.8 Å². The molecule has 0 aliphatic rings. The van der Waals surface area contributed by atoms with Gasteiger partial charge in [-0.3, -0.25) is 14.8 Å². The summed E-state index contributed by atoms with van der Waals surface area (Å²) in [4.78, 5) is 24.1. The topological polar surface area (TPSA) is 79.9 Å². The molecule has 2 heterocycles. The highest BCUT2D eigenvalue weighted by atomic mass is 19.1. The van der Waals surface area contributed by atoms with Crippen LogP contribution in [0.1, 0.15) is 27.2 Å². The molecule has 0 atom stereocenters. The van der Waals surface area contributed by atoms with E-state index < -0.39 is 5.82 Å². The zero-order valence-electron chi connectivity index (χ0n) is 16.5. The van der Waals surface area contributed by atoms with Gasteiger partial charge in [-0.05, 0) is 55.7 Å². The van der Waals surface area contributed by atoms with Gasteiger partial charge in [-0.1, -0.05) is 0 Å². The summed E-state index contributed by atoms with van der Waals surface area (Å²) in [7, 11) is 1.45. The van der Waals surface area contributed by atoms with Gasteiger partial charge in [0, 0.05) is 35.6 Å². The number of H-pyrrole nitrogens is 1. The fourth-order valence-corrected chi connectivity index (χ4v) is 3.69. The standard InChI is InChI=1S/C22H21FN4O2/c1-12-10-18(29-3)20(23)21-19(12)15(13(2)27-21)6-7-26-22(28)14-4-5-16-17(11-14)25-9-8-24-16/h4-5,8-11,27H,6-7H2,1-3H3,(H,26,28). The van der Waals surface area contributed by atoms with E-state index >= 15 is 0 Å². The molecule has 29 heavy (non-hydrogen) atoms. The molecule has 2 aromatic heterocycles. The predicted octanol–water partition coefficient (Wildman–Crippen LogP) is 3.85. The van der Waals surface area contributed by atoms with Crippen LogP contribution in [0.2, 0.25) is 0 Å². The number of amides is 1. The van der Waals surface area contributed by atoms with Gasteiger partial charge < -0.3 is 15.0 Å². The van der Waals surface area contributed by atoms with E-state index in [4.69, 9.17) is 4.74 Å². The Hall–Kier alpha value is -3.48. The molecule has 0 aliphatic carbocycles. The monoisotopic (exact) mass is 392 g/mol. The highest BCUT2D eigenvalue weighted by molar-refractivity contribution is 5.97. The van der Waals surface area contributed by atoms with Crippen molar-refractivity contribution < 1.29 is 13.9 Å². The van der Waals surface area contributed by atoms with E-state index in [-0.39, 0.29) is 11.7 Å². The highest BCUT2D eigenvalue weighted by Crippen LogP contribution is 2.33. The number of nitrogens with zero attached hydrogens (tertiary/aromatic N) is 2. The van der Waals surface area contributed by atoms with Crippen LogP contribution >= 0.6 is 0 Å². The number of methoxy groups -OCH3 is 1. The summed E-state index contributed by atoms with van der Waals surface area (Å²) in [6.45, 7) is 4.26. The molecular weight excluding hydrogens is 371 g/mol. The van der Waals surface area contributed by atoms with Crippen LogP contribution in [0, 0.1) is 19.7 Å². The zero-order chi connectivity index (χ0) is 20.5. The van der Waals surface area contributed by atoms with E-state index in [1.165, 1.54) is 7.11 Å². The SMILES string of the molecule is COc1cc(C)c2c(CCNC(=O)c3ccc4nccnc4c3)c(C)[nH]c2c1F. The zero-order valence-corrected chi connectivity index (χ0v) is 16.5. The molecule has 6 nitrogen and oxygen atoms in total. The number of carbonyl (C=O) groups excluding carboxylic acids is 1. The molecular formula is C22H21FN4O2. The number of nitrogens with one attached hydrogen (secondary N) is 2. The third-order valence-electron chi connectivity index (χ3n) is 5.11. The number of aromatic nitrogens is 3. The van der Waals surface area contributed by atoms with Crippen molar-refractivity contribution in [1.82, 2.24) is 20.3 Å². The number of halogens is 1. The van der Waals surface area contributed by atoms with Gasteiger partial charge in [0.15, 0.2) is 11.6 Å². The summed E-state index contributed by atoms with van der Waals surface area (Å²) in [5.74, 6) is -0.362. The Balaban J connectivity index is 1.53. The largest absolute Gasteiger partial charge is 0.494 e. The minimum absolute atomic E-state index is 0.181. The maximum Gasteiger partial charge on any atom is 0.251 e. The van der Waals surface area contributed by atoms with Crippen molar-refractivity contribution in [2.45, 2.75) is 20.3 Å². The van der Waals surface area contributed by atoms with E-state index in [0.717, 1.165) is 27.7 Å². The van der Waals surface area contributed by atoms with Crippen LogP contribution in [0.15, 0.2) is 36.7 Å². The second kappa shape index (κ2) is 7.50. The molecule has 2 N–H and O–H groups in total. The third kappa shape index (κ3) is 3.40. The summed E-state index contributed by atoms with van der Waals surface area (Å²) in [5, 5.41) is 3.77. The fraction of sp³-hybridized carbons (Fsp3) is 0.227. The Morgan fingerprint density at radius 1 is 1.17 bits per heavy atom. The van der Waals surface area contributed by atoms with E-state index in [9.17, 15) is 9.18 Å². The van der Waals surface area contributed by atoms with Crippen LogP contribution < -0.4 is 10.1 Å². The molecule has 4 aromatic rings. The van der Waals surface area contributed by atoms with E-state index in [2.05, 4.69) is 20.3 Å². The van der Waals surface area contributed by atoms with Crippen LogP contribution in [0.3, 0.4) is 0 Å². The van der Waals surface area contributed by atoms with E-state index in [0.29, 0.717) is 29.6 Å². The first-order chi connectivity index (χ1) is 14.0. The van der Waals surface area contributed by atoms with Crippen LogP contribution in [0.25, 0.3) is 21.9 Å². The second-order valence-electron chi connectivity index (χ2n) is 6.95. The lowest BCUT2D eigenvalue weighted by Gasteiger charge is -2.09. The van der Waals surface area contributed by atoms with Crippen LogP contribution in [-0.2, 0) is 6.42 Å². The third-order valence-corrected chi connectivity index (χ3v) is 5.11. The molecule has 7 heteroatoms. The van der Waals surface area contributed by atoms with Gasteiger partial charge in [0.05, 0.1) is 23.7 Å². The van der Waals surface area contributed by atoms with Crippen molar-refractivity contribution in [3.05, 3.63) is 64.9 Å². The summed E-state index contributed by atoms with van der Waals surface area (Å²) in [6, 6.07) is 6.93. The van der Waals surface area contributed by atoms with Gasteiger partial charge in [-0.2, -0.15) is 0 Å². The number of aryl methyl sites for hydroxylation is 2. The van der Waals surface area contributed by atoms with Gasteiger partial charge in [0.1, 0.15) is 0 Å². The molecule has 2 aromatic carbocycles. The fourth-order valence-electron chi connectivity index (χ4n) is 3.69. The first kappa shape index (κ1) is 18.9. The molecule has 0 saturated heterocycles. The minimum atomic E-state index is -0.399. The number of hydrogen-bond acceptors (Lipinski definition) is 4. The quantitative estimate of drug-likeness (QED) is 0.541. The predicted molar refractivity (Wildman–Crippen MR) is 110 cm³/mol. The Morgan fingerprint density at radius 2 is 1.93 bits per heavy atom. The van der Waals surface area contributed by atoms with E-state index in [1.807, 2.05) is 13.8 Å². The Kier molecular flexibility index (Phi) is 4.88. The Labute approximate surface area is 167 Å². The van der Waals surface area contributed by atoms with Crippen molar-refractivity contribution in [2.24, 2.45) is 0 Å².